The third kappa shape index (κ3) is 13.5. The van der Waals surface area contributed by atoms with Crippen LogP contribution < -0.4 is 0 Å². The summed E-state index contributed by atoms with van der Waals surface area (Å²) in [6.45, 7) is 13.0. The molecule has 1 heterocycles. The van der Waals surface area contributed by atoms with Gasteiger partial charge in [-0.25, -0.2) is 8.78 Å². The van der Waals surface area contributed by atoms with Crippen molar-refractivity contribution in [3.05, 3.63) is 12.2 Å². The van der Waals surface area contributed by atoms with Gasteiger partial charge in [-0.1, -0.05) is 91.2 Å². The molecule has 1 aliphatic heterocycles. The monoisotopic (exact) mass is 646 g/mol. The summed E-state index contributed by atoms with van der Waals surface area (Å²) in [6, 6.07) is 0. The Morgan fingerprint density at radius 3 is 2.30 bits per heavy atom. The van der Waals surface area contributed by atoms with E-state index in [1.807, 2.05) is 19.2 Å². The second-order valence-electron chi connectivity index (χ2n) is 14.8. The van der Waals surface area contributed by atoms with Crippen LogP contribution in [0, 0.1) is 11.8 Å². The number of ether oxygens (including phenoxy) is 2. The molecule has 1 saturated carbocycles. The van der Waals surface area contributed by atoms with Crippen molar-refractivity contribution < 1.29 is 37.7 Å². The Kier molecular flexibility index (Phi) is 17.0. The number of aliphatic hydroxyl groups is 1. The van der Waals surface area contributed by atoms with Gasteiger partial charge in [-0.2, -0.15) is 0 Å². The molecule has 0 aromatic heterocycles. The van der Waals surface area contributed by atoms with Gasteiger partial charge < -0.3 is 24.1 Å². The van der Waals surface area contributed by atoms with Crippen molar-refractivity contribution in [3.8, 4) is 0 Å². The van der Waals surface area contributed by atoms with Crippen LogP contribution in [-0.4, -0.2) is 61.6 Å². The maximum atomic E-state index is 15.9. The minimum absolute atomic E-state index is 0.0847. The zero-order chi connectivity index (χ0) is 32.8. The fraction of sp³-hybridized carbons (Fsp3) is 0.914. The highest BCUT2D eigenvalue weighted by molar-refractivity contribution is 6.74. The number of carboxylic acids is 1. The van der Waals surface area contributed by atoms with Crippen molar-refractivity contribution >= 4 is 14.3 Å². The maximum absolute atomic E-state index is 15.9. The van der Waals surface area contributed by atoms with Gasteiger partial charge in [0.25, 0.3) is 5.92 Å². The standard InChI is InChI=1S/C35H64F2O6Si/c1-7-8-9-17-24-35(36,37)31(43-44(5,6)34(2,3)4)23-22-28-27(19-14-12-10-11-13-15-20-32(39)40)29(38)26-30(28)42-33-21-16-18-25-41-33/h22-23,27-31,33,38H,7-21,24-26H2,1-6H3,(H,39,40)/b23-22+/t27?,28-,29?,30?,31?,33?/m1/s1. The highest BCUT2D eigenvalue weighted by Gasteiger charge is 2.47. The molecular weight excluding hydrogens is 582 g/mol. The number of hydrogen-bond acceptors (Lipinski definition) is 5. The molecule has 44 heavy (non-hydrogen) atoms. The van der Waals surface area contributed by atoms with Crippen molar-refractivity contribution in [2.24, 2.45) is 11.8 Å². The highest BCUT2D eigenvalue weighted by Crippen LogP contribution is 2.43. The molecule has 2 aliphatic rings. The van der Waals surface area contributed by atoms with Crippen molar-refractivity contribution in [2.75, 3.05) is 6.61 Å². The van der Waals surface area contributed by atoms with Crippen LogP contribution in [0.5, 0.6) is 0 Å². The van der Waals surface area contributed by atoms with E-state index in [1.165, 1.54) is 0 Å². The lowest BCUT2D eigenvalue weighted by Gasteiger charge is -2.40. The van der Waals surface area contributed by atoms with Gasteiger partial charge in [0.1, 0.15) is 6.10 Å². The molecule has 0 amide bonds. The number of halogens is 2. The molecule has 9 heteroatoms. The number of aliphatic carboxylic acids is 1. The first-order chi connectivity index (χ1) is 20.7. The van der Waals surface area contributed by atoms with Gasteiger partial charge >= 0.3 is 5.97 Å². The fourth-order valence-electron chi connectivity index (χ4n) is 6.20. The van der Waals surface area contributed by atoms with Gasteiger partial charge in [0.15, 0.2) is 14.6 Å². The first-order valence-electron chi connectivity index (χ1n) is 17.6. The highest BCUT2D eigenvalue weighted by atomic mass is 28.4. The Bertz CT molecular complexity index is 840. The number of hydrogen-bond donors (Lipinski definition) is 2. The van der Waals surface area contributed by atoms with E-state index in [2.05, 4.69) is 27.7 Å². The second kappa shape index (κ2) is 19.1. The molecule has 6 nitrogen and oxygen atoms in total. The van der Waals surface area contributed by atoms with Gasteiger partial charge in [0.2, 0.25) is 0 Å². The van der Waals surface area contributed by atoms with E-state index in [0.717, 1.165) is 77.0 Å². The Labute approximate surface area is 267 Å². The molecule has 0 aromatic carbocycles. The minimum Gasteiger partial charge on any atom is -0.481 e. The fourth-order valence-corrected chi connectivity index (χ4v) is 7.44. The molecular formula is C35H64F2O6Si. The molecule has 2 rings (SSSR count). The summed E-state index contributed by atoms with van der Waals surface area (Å²) in [5, 5.41) is 19.8. The average Bonchev–Trinajstić information content (AvgIpc) is 3.23. The lowest BCUT2D eigenvalue weighted by molar-refractivity contribution is -0.193. The van der Waals surface area contributed by atoms with Gasteiger partial charge in [-0.05, 0) is 62.6 Å². The predicted octanol–water partition coefficient (Wildman–Crippen LogP) is 9.65. The first-order valence-corrected chi connectivity index (χ1v) is 20.5. The molecule has 5 unspecified atom stereocenters. The van der Waals surface area contributed by atoms with Gasteiger partial charge in [-0.3, -0.25) is 4.79 Å². The van der Waals surface area contributed by atoms with Crippen LogP contribution >= 0.6 is 0 Å². The van der Waals surface area contributed by atoms with Crippen molar-refractivity contribution in [2.45, 2.75) is 186 Å². The van der Waals surface area contributed by atoms with Crippen molar-refractivity contribution in [3.63, 3.8) is 0 Å². The Morgan fingerprint density at radius 1 is 1.02 bits per heavy atom. The molecule has 2 fully saturated rings. The number of aliphatic hydroxyl groups excluding tert-OH is 1. The molecule has 258 valence electrons. The number of unbranched alkanes of at least 4 members (excludes halogenated alkanes) is 8. The van der Waals surface area contributed by atoms with Crippen molar-refractivity contribution in [1.29, 1.82) is 0 Å². The average molecular weight is 647 g/mol. The summed E-state index contributed by atoms with van der Waals surface area (Å²) < 4.78 is 50.5. The zero-order valence-corrected chi connectivity index (χ0v) is 29.6. The van der Waals surface area contributed by atoms with E-state index in [9.17, 15) is 9.90 Å². The Hall–Kier alpha value is -0.873. The van der Waals surface area contributed by atoms with E-state index in [4.69, 9.17) is 19.0 Å². The van der Waals surface area contributed by atoms with Crippen LogP contribution in [0.3, 0.4) is 0 Å². The van der Waals surface area contributed by atoms with Crippen LogP contribution in [-0.2, 0) is 18.7 Å². The van der Waals surface area contributed by atoms with E-state index in [-0.39, 0.29) is 42.1 Å². The Balaban J connectivity index is 2.20. The van der Waals surface area contributed by atoms with Crippen LogP contribution in [0.4, 0.5) is 8.78 Å². The third-order valence-corrected chi connectivity index (χ3v) is 14.5. The largest absolute Gasteiger partial charge is 0.481 e. The van der Waals surface area contributed by atoms with E-state index in [1.54, 1.807) is 6.08 Å². The minimum atomic E-state index is -2.99. The normalized spacial score (nSPS) is 26.0. The molecule has 0 spiro atoms. The summed E-state index contributed by atoms with van der Waals surface area (Å²) in [4.78, 5) is 10.7. The Morgan fingerprint density at radius 2 is 1.68 bits per heavy atom. The lowest BCUT2D eigenvalue weighted by Crippen LogP contribution is -2.48. The topological polar surface area (TPSA) is 85.2 Å². The van der Waals surface area contributed by atoms with Gasteiger partial charge in [0, 0.05) is 31.8 Å². The summed E-state index contributed by atoms with van der Waals surface area (Å²) >= 11 is 0. The predicted molar refractivity (Wildman–Crippen MR) is 176 cm³/mol. The third-order valence-electron chi connectivity index (χ3n) is 10.1. The first kappa shape index (κ1) is 39.3. The quantitative estimate of drug-likeness (QED) is 0.0734. The SMILES string of the molecule is CCCCCCC(F)(F)C(/C=C/[C@H]1C(OC2CCCCO2)CC(O)C1CCCCCCCCC(=O)O)O[Si](C)(C)C(C)(C)C. The summed E-state index contributed by atoms with van der Waals surface area (Å²) in [7, 11) is -2.50. The number of carboxylic acid groups (broad SMARTS) is 1. The summed E-state index contributed by atoms with van der Waals surface area (Å²) in [6.07, 6.45) is 13.9. The van der Waals surface area contributed by atoms with Crippen LogP contribution in [0.15, 0.2) is 12.2 Å². The van der Waals surface area contributed by atoms with Gasteiger partial charge in [-0.15, -0.1) is 0 Å². The van der Waals surface area contributed by atoms with Crippen LogP contribution in [0.2, 0.25) is 18.1 Å². The molecule has 2 N–H and O–H groups in total. The van der Waals surface area contributed by atoms with E-state index < -0.39 is 32.4 Å². The van der Waals surface area contributed by atoms with Gasteiger partial charge in [0.05, 0.1) is 12.2 Å². The number of rotatable bonds is 21. The van der Waals surface area contributed by atoms with Crippen LogP contribution in [0.25, 0.3) is 0 Å². The summed E-state index contributed by atoms with van der Waals surface area (Å²) in [5.41, 5.74) is 0. The molecule has 1 aliphatic carbocycles. The molecule has 1 saturated heterocycles. The van der Waals surface area contributed by atoms with Crippen molar-refractivity contribution in [1.82, 2.24) is 0 Å². The molecule has 0 bridgehead atoms. The summed E-state index contributed by atoms with van der Waals surface area (Å²) in [5.74, 6) is -4.03. The lowest BCUT2D eigenvalue weighted by atomic mass is 9.87. The molecule has 6 atom stereocenters. The zero-order valence-electron chi connectivity index (χ0n) is 28.6. The van der Waals surface area contributed by atoms with E-state index >= 15 is 8.78 Å². The number of alkyl halides is 2. The molecule has 0 aromatic rings. The molecule has 0 radical (unpaired) electrons. The smallest absolute Gasteiger partial charge is 0.303 e. The maximum Gasteiger partial charge on any atom is 0.303 e. The van der Waals surface area contributed by atoms with E-state index in [0.29, 0.717) is 25.9 Å². The van der Waals surface area contributed by atoms with Crippen LogP contribution in [0.1, 0.15) is 137 Å². The second-order valence-corrected chi connectivity index (χ2v) is 19.6. The number of carbonyl (C=O) groups is 1.